The van der Waals surface area contributed by atoms with Crippen LogP contribution in [0.15, 0.2) is 0 Å². The second kappa shape index (κ2) is 3.41. The van der Waals surface area contributed by atoms with Gasteiger partial charge in [-0.15, -0.1) is 0 Å². The average molecular weight is 172 g/mol. The molecule has 4 nitrogen and oxygen atoms in total. The van der Waals surface area contributed by atoms with E-state index in [4.69, 9.17) is 0 Å². The first-order valence-corrected chi connectivity index (χ1v) is 4.28. The number of aliphatic hydroxyl groups excluding tert-OH is 1. The van der Waals surface area contributed by atoms with Crippen LogP contribution in [0.2, 0.25) is 0 Å². The minimum Gasteiger partial charge on any atom is -0.372 e. The van der Waals surface area contributed by atoms with Gasteiger partial charge in [-0.25, -0.2) is 10.0 Å². The van der Waals surface area contributed by atoms with E-state index in [1.54, 1.807) is 0 Å². The Kier molecular flexibility index (Phi) is 2.69. The third kappa shape index (κ3) is 1.44. The lowest BCUT2D eigenvalue weighted by Crippen LogP contribution is -2.46. The molecule has 1 aliphatic heterocycles. The molecule has 0 aromatic heterocycles. The topological polar surface area (TPSA) is 43.8 Å². The van der Waals surface area contributed by atoms with Gasteiger partial charge in [0.2, 0.25) is 6.41 Å². The van der Waals surface area contributed by atoms with Crippen LogP contribution in [0.1, 0.15) is 27.2 Å². The van der Waals surface area contributed by atoms with Crippen LogP contribution in [0.25, 0.3) is 0 Å². The van der Waals surface area contributed by atoms with Gasteiger partial charge < -0.3 is 5.11 Å². The summed E-state index contributed by atoms with van der Waals surface area (Å²) < 4.78 is 0. The normalized spacial score (nSPS) is 31.6. The van der Waals surface area contributed by atoms with Crippen molar-refractivity contribution in [2.75, 3.05) is 0 Å². The zero-order valence-corrected chi connectivity index (χ0v) is 7.77. The van der Waals surface area contributed by atoms with E-state index in [2.05, 4.69) is 0 Å². The molecule has 4 heteroatoms. The quantitative estimate of drug-likeness (QED) is 0.604. The summed E-state index contributed by atoms with van der Waals surface area (Å²) in [5, 5.41) is 12.7. The summed E-state index contributed by atoms with van der Waals surface area (Å²) in [6.45, 7) is 6.02. The van der Waals surface area contributed by atoms with Crippen LogP contribution in [0.4, 0.5) is 0 Å². The summed E-state index contributed by atoms with van der Waals surface area (Å²) in [6, 6.07) is 0.493. The highest BCUT2D eigenvalue weighted by Crippen LogP contribution is 2.23. The van der Waals surface area contributed by atoms with Crippen molar-refractivity contribution in [3.63, 3.8) is 0 Å². The van der Waals surface area contributed by atoms with E-state index in [1.807, 2.05) is 25.8 Å². The van der Waals surface area contributed by atoms with Gasteiger partial charge in [0.25, 0.3) is 0 Å². The van der Waals surface area contributed by atoms with Crippen LogP contribution in [0.5, 0.6) is 0 Å². The van der Waals surface area contributed by atoms with E-state index < -0.39 is 6.23 Å². The number of nitrogens with zero attached hydrogens (tertiary/aromatic N) is 2. The standard InChI is InChI=1S/C8H16N2O2/c1-6(2)10-7(3)4-8(12)9(10)5-11/h5-8,12H,4H2,1-3H3/t7-,8+/m1/s1. The van der Waals surface area contributed by atoms with Gasteiger partial charge in [0.15, 0.2) is 0 Å². The molecule has 0 bridgehead atoms. The highest BCUT2D eigenvalue weighted by atomic mass is 16.3. The van der Waals surface area contributed by atoms with Gasteiger partial charge in [0.1, 0.15) is 6.23 Å². The van der Waals surface area contributed by atoms with Crippen LogP contribution >= 0.6 is 0 Å². The van der Waals surface area contributed by atoms with Crippen LogP contribution in [-0.2, 0) is 4.79 Å². The monoisotopic (exact) mass is 172 g/mol. The molecule has 1 aliphatic rings. The van der Waals surface area contributed by atoms with Gasteiger partial charge >= 0.3 is 0 Å². The molecule has 70 valence electrons. The Morgan fingerprint density at radius 2 is 2.17 bits per heavy atom. The molecule has 0 saturated carbocycles. The Balaban J connectivity index is 2.74. The van der Waals surface area contributed by atoms with Crippen molar-refractivity contribution in [3.8, 4) is 0 Å². The van der Waals surface area contributed by atoms with E-state index in [1.165, 1.54) is 5.01 Å². The summed E-state index contributed by atoms with van der Waals surface area (Å²) >= 11 is 0. The number of carbonyl (C=O) groups is 1. The molecule has 1 N–H and O–H groups in total. The van der Waals surface area contributed by atoms with Gasteiger partial charge in [-0.05, 0) is 20.8 Å². The molecule has 2 atom stereocenters. The minimum absolute atomic E-state index is 0.241. The summed E-state index contributed by atoms with van der Waals surface area (Å²) in [4.78, 5) is 10.6. The number of hydrogen-bond acceptors (Lipinski definition) is 3. The van der Waals surface area contributed by atoms with Gasteiger partial charge in [-0.3, -0.25) is 4.79 Å². The maximum atomic E-state index is 10.6. The lowest BCUT2D eigenvalue weighted by atomic mass is 10.2. The molecule has 0 unspecified atom stereocenters. The van der Waals surface area contributed by atoms with E-state index in [9.17, 15) is 9.90 Å². The highest BCUT2D eigenvalue weighted by molar-refractivity contribution is 5.47. The Hall–Kier alpha value is -0.610. The van der Waals surface area contributed by atoms with Crippen LogP contribution in [0.3, 0.4) is 0 Å². The van der Waals surface area contributed by atoms with Crippen molar-refractivity contribution in [3.05, 3.63) is 0 Å². The number of carbonyl (C=O) groups excluding carboxylic acids is 1. The molecule has 0 aromatic rings. The van der Waals surface area contributed by atoms with Crippen LogP contribution in [-0.4, -0.2) is 39.8 Å². The van der Waals surface area contributed by atoms with E-state index >= 15 is 0 Å². The number of aliphatic hydroxyl groups is 1. The summed E-state index contributed by atoms with van der Waals surface area (Å²) in [6.07, 6.45) is 0.686. The van der Waals surface area contributed by atoms with Gasteiger partial charge in [-0.2, -0.15) is 0 Å². The molecule has 0 aliphatic carbocycles. The summed E-state index contributed by atoms with van der Waals surface area (Å²) in [5.41, 5.74) is 0. The molecule has 1 heterocycles. The second-order valence-electron chi connectivity index (χ2n) is 3.52. The molecule has 0 spiro atoms. The van der Waals surface area contributed by atoms with Crippen LogP contribution in [0, 0.1) is 0 Å². The Bertz CT molecular complexity index is 172. The molecule has 0 radical (unpaired) electrons. The molecule has 1 rings (SSSR count). The van der Waals surface area contributed by atoms with Crippen molar-refractivity contribution in [2.45, 2.75) is 45.5 Å². The molecular formula is C8H16N2O2. The summed E-state index contributed by atoms with van der Waals surface area (Å²) in [7, 11) is 0. The predicted octanol–water partition coefficient (Wildman–Crippen LogP) is 0.181. The highest BCUT2D eigenvalue weighted by Gasteiger charge is 2.36. The third-order valence-corrected chi connectivity index (χ3v) is 2.21. The molecule has 12 heavy (non-hydrogen) atoms. The second-order valence-corrected chi connectivity index (χ2v) is 3.52. The first-order valence-electron chi connectivity index (χ1n) is 4.28. The smallest absolute Gasteiger partial charge is 0.226 e. The van der Waals surface area contributed by atoms with Crippen molar-refractivity contribution in [1.29, 1.82) is 0 Å². The maximum absolute atomic E-state index is 10.6. The summed E-state index contributed by atoms with van der Waals surface area (Å²) in [5.74, 6) is 0. The molecule has 1 saturated heterocycles. The predicted molar refractivity (Wildman–Crippen MR) is 45.0 cm³/mol. The lowest BCUT2D eigenvalue weighted by Gasteiger charge is -2.32. The molecular weight excluding hydrogens is 156 g/mol. The number of hydrogen-bond donors (Lipinski definition) is 1. The van der Waals surface area contributed by atoms with E-state index in [0.29, 0.717) is 12.8 Å². The zero-order valence-electron chi connectivity index (χ0n) is 7.77. The number of amides is 1. The van der Waals surface area contributed by atoms with Gasteiger partial charge in [0, 0.05) is 18.5 Å². The van der Waals surface area contributed by atoms with Gasteiger partial charge in [-0.1, -0.05) is 0 Å². The lowest BCUT2D eigenvalue weighted by molar-refractivity contribution is -0.151. The van der Waals surface area contributed by atoms with E-state index in [-0.39, 0.29) is 12.1 Å². The molecule has 1 amide bonds. The Morgan fingerprint density at radius 3 is 2.50 bits per heavy atom. The van der Waals surface area contributed by atoms with Gasteiger partial charge in [0.05, 0.1) is 0 Å². The van der Waals surface area contributed by atoms with Crippen molar-refractivity contribution >= 4 is 6.41 Å². The Morgan fingerprint density at radius 1 is 1.58 bits per heavy atom. The fraction of sp³-hybridized carbons (Fsp3) is 0.875. The van der Waals surface area contributed by atoms with E-state index in [0.717, 1.165) is 0 Å². The number of rotatable bonds is 2. The van der Waals surface area contributed by atoms with Crippen molar-refractivity contribution in [2.24, 2.45) is 0 Å². The average Bonchev–Trinajstić information content (AvgIpc) is 2.24. The van der Waals surface area contributed by atoms with Crippen molar-refractivity contribution < 1.29 is 9.90 Å². The minimum atomic E-state index is -0.639. The molecule has 1 fully saturated rings. The third-order valence-electron chi connectivity index (χ3n) is 2.21. The zero-order chi connectivity index (χ0) is 9.30. The molecule has 0 aromatic carbocycles. The number of hydrazine groups is 1. The van der Waals surface area contributed by atoms with Crippen LogP contribution < -0.4 is 0 Å². The SMILES string of the molecule is CC(C)N1[C@H](C)C[C@H](O)N1C=O. The fourth-order valence-corrected chi connectivity index (χ4v) is 1.80. The first kappa shape index (κ1) is 9.48. The maximum Gasteiger partial charge on any atom is 0.226 e. The largest absolute Gasteiger partial charge is 0.372 e. The first-order chi connectivity index (χ1) is 5.57. The van der Waals surface area contributed by atoms with Crippen molar-refractivity contribution in [1.82, 2.24) is 10.0 Å². The fourth-order valence-electron chi connectivity index (χ4n) is 1.80. The Labute approximate surface area is 72.7 Å².